The molecule has 0 aliphatic carbocycles. The number of nitrogens with one attached hydrogen (secondary N) is 2. The average molecular weight is 446 g/mol. The van der Waals surface area contributed by atoms with E-state index in [0.717, 1.165) is 28.4 Å². The van der Waals surface area contributed by atoms with Gasteiger partial charge in [-0.25, -0.2) is 5.43 Å². The molecule has 0 atom stereocenters. The molecule has 0 heterocycles. The van der Waals surface area contributed by atoms with Crippen molar-refractivity contribution in [2.24, 2.45) is 5.10 Å². The van der Waals surface area contributed by atoms with E-state index in [-0.39, 0.29) is 6.42 Å². The van der Waals surface area contributed by atoms with Crippen molar-refractivity contribution in [3.63, 3.8) is 0 Å². The van der Waals surface area contributed by atoms with Crippen molar-refractivity contribution in [1.29, 1.82) is 0 Å². The van der Waals surface area contributed by atoms with E-state index in [2.05, 4.69) is 38.7 Å². The summed E-state index contributed by atoms with van der Waals surface area (Å²) in [7, 11) is 0. The fraction of sp³-hybridized carbons (Fsp3) is 0.286. The molecule has 2 amide bonds. The van der Waals surface area contributed by atoms with Crippen LogP contribution in [0.5, 0.6) is 5.75 Å². The third-order valence-corrected chi connectivity index (χ3v) is 4.27. The van der Waals surface area contributed by atoms with Gasteiger partial charge < -0.3 is 10.1 Å². The van der Waals surface area contributed by atoms with E-state index in [1.807, 2.05) is 37.3 Å². The summed E-state index contributed by atoms with van der Waals surface area (Å²) in [5, 5.41) is 6.61. The van der Waals surface area contributed by atoms with E-state index in [1.54, 1.807) is 12.1 Å². The van der Waals surface area contributed by atoms with Crippen LogP contribution >= 0.6 is 15.9 Å². The van der Waals surface area contributed by atoms with Crippen molar-refractivity contribution in [2.45, 2.75) is 33.1 Å². The first kappa shape index (κ1) is 21.6. The predicted octanol–water partition coefficient (Wildman–Crippen LogP) is 4.42. The maximum absolute atomic E-state index is 11.9. The summed E-state index contributed by atoms with van der Waals surface area (Å²) in [5.74, 6) is -0.210. The van der Waals surface area contributed by atoms with Crippen molar-refractivity contribution < 1.29 is 14.3 Å². The van der Waals surface area contributed by atoms with E-state index in [9.17, 15) is 9.59 Å². The fourth-order valence-corrected chi connectivity index (χ4v) is 2.66. The normalized spacial score (nSPS) is 10.7. The Labute approximate surface area is 173 Å². The maximum atomic E-state index is 11.9. The number of halogens is 1. The molecular weight excluding hydrogens is 422 g/mol. The van der Waals surface area contributed by atoms with Gasteiger partial charge in [0.2, 0.25) is 11.8 Å². The molecule has 2 aromatic carbocycles. The minimum Gasteiger partial charge on any atom is -0.493 e. The molecule has 148 valence electrons. The number of rotatable bonds is 9. The second kappa shape index (κ2) is 11.2. The van der Waals surface area contributed by atoms with Gasteiger partial charge in [0.15, 0.2) is 0 Å². The highest BCUT2D eigenvalue weighted by Crippen LogP contribution is 2.22. The molecule has 2 rings (SSSR count). The Morgan fingerprint density at radius 1 is 1.14 bits per heavy atom. The number of hydrogen-bond acceptors (Lipinski definition) is 4. The standard InChI is InChI=1S/C21H24BrN3O3/c1-3-4-11-28-19-10-7-17(22)12-16(19)14-23-25-21(27)13-20(26)24-18-8-5-15(2)6-9-18/h5-10,12,14H,3-4,11,13H2,1-2H3,(H,24,26)(H,25,27). The molecule has 0 fully saturated rings. The molecule has 7 heteroatoms. The van der Waals surface area contributed by atoms with Crippen LogP contribution in [0.2, 0.25) is 0 Å². The number of carbonyl (C=O) groups excluding carboxylic acids is 2. The quantitative estimate of drug-likeness (QED) is 0.259. The lowest BCUT2D eigenvalue weighted by molar-refractivity contribution is -0.126. The molecule has 0 aliphatic heterocycles. The number of nitrogens with zero attached hydrogens (tertiary/aromatic N) is 1. The van der Waals surface area contributed by atoms with Crippen LogP contribution in [0.4, 0.5) is 5.69 Å². The Bertz CT molecular complexity index is 835. The minimum atomic E-state index is -0.496. The van der Waals surface area contributed by atoms with Crippen molar-refractivity contribution >= 4 is 39.6 Å². The lowest BCUT2D eigenvalue weighted by Crippen LogP contribution is -2.24. The maximum Gasteiger partial charge on any atom is 0.249 e. The zero-order valence-electron chi connectivity index (χ0n) is 16.0. The van der Waals surface area contributed by atoms with Gasteiger partial charge in [-0.05, 0) is 43.7 Å². The van der Waals surface area contributed by atoms with Gasteiger partial charge in [0.05, 0.1) is 12.8 Å². The highest BCUT2D eigenvalue weighted by molar-refractivity contribution is 9.10. The van der Waals surface area contributed by atoms with E-state index in [1.165, 1.54) is 6.21 Å². The van der Waals surface area contributed by atoms with Crippen LogP contribution in [0.1, 0.15) is 37.3 Å². The van der Waals surface area contributed by atoms with Crippen molar-refractivity contribution in [2.75, 3.05) is 11.9 Å². The van der Waals surface area contributed by atoms with Gasteiger partial charge >= 0.3 is 0 Å². The lowest BCUT2D eigenvalue weighted by Gasteiger charge is -2.09. The topological polar surface area (TPSA) is 79.8 Å². The van der Waals surface area contributed by atoms with Crippen LogP contribution in [0.25, 0.3) is 0 Å². The van der Waals surface area contributed by atoms with Gasteiger partial charge in [-0.15, -0.1) is 0 Å². The summed E-state index contributed by atoms with van der Waals surface area (Å²) in [5.41, 5.74) is 4.84. The first-order valence-electron chi connectivity index (χ1n) is 9.08. The molecular formula is C21H24BrN3O3. The monoisotopic (exact) mass is 445 g/mol. The summed E-state index contributed by atoms with van der Waals surface area (Å²) < 4.78 is 6.62. The summed E-state index contributed by atoms with van der Waals surface area (Å²) >= 11 is 3.41. The second-order valence-corrected chi connectivity index (χ2v) is 7.18. The number of hydrogen-bond donors (Lipinski definition) is 2. The summed E-state index contributed by atoms with van der Waals surface area (Å²) in [6.45, 7) is 4.67. The van der Waals surface area contributed by atoms with E-state index in [0.29, 0.717) is 18.0 Å². The molecule has 0 aromatic heterocycles. The van der Waals surface area contributed by atoms with Gasteiger partial charge in [0, 0.05) is 15.7 Å². The van der Waals surface area contributed by atoms with Crippen LogP contribution in [-0.2, 0) is 9.59 Å². The van der Waals surface area contributed by atoms with Gasteiger partial charge in [-0.2, -0.15) is 5.10 Å². The Balaban J connectivity index is 1.87. The third-order valence-electron chi connectivity index (χ3n) is 3.78. The van der Waals surface area contributed by atoms with Gasteiger partial charge in [-0.3, -0.25) is 9.59 Å². The fourth-order valence-electron chi connectivity index (χ4n) is 2.28. The first-order chi connectivity index (χ1) is 13.5. The molecule has 6 nitrogen and oxygen atoms in total. The number of amides is 2. The first-order valence-corrected chi connectivity index (χ1v) is 9.88. The highest BCUT2D eigenvalue weighted by atomic mass is 79.9. The van der Waals surface area contributed by atoms with Crippen LogP contribution in [0, 0.1) is 6.92 Å². The lowest BCUT2D eigenvalue weighted by atomic mass is 10.2. The number of anilines is 1. The van der Waals surface area contributed by atoms with Crippen molar-refractivity contribution in [3.05, 3.63) is 58.1 Å². The predicted molar refractivity (Wildman–Crippen MR) is 115 cm³/mol. The third kappa shape index (κ3) is 7.52. The Hall–Kier alpha value is -2.67. The van der Waals surface area contributed by atoms with Gasteiger partial charge in [0.1, 0.15) is 12.2 Å². The van der Waals surface area contributed by atoms with Gasteiger partial charge in [-0.1, -0.05) is 47.0 Å². The number of unbranched alkanes of at least 4 members (excludes halogenated alkanes) is 1. The average Bonchev–Trinajstić information content (AvgIpc) is 2.65. The molecule has 28 heavy (non-hydrogen) atoms. The molecule has 0 saturated heterocycles. The SMILES string of the molecule is CCCCOc1ccc(Br)cc1C=NNC(=O)CC(=O)Nc1ccc(C)cc1. The van der Waals surface area contributed by atoms with Crippen molar-refractivity contribution in [1.82, 2.24) is 5.43 Å². The van der Waals surface area contributed by atoms with E-state index < -0.39 is 11.8 Å². The Kier molecular flexibility index (Phi) is 8.68. The van der Waals surface area contributed by atoms with E-state index >= 15 is 0 Å². The van der Waals surface area contributed by atoms with E-state index in [4.69, 9.17) is 4.74 Å². The smallest absolute Gasteiger partial charge is 0.249 e. The molecule has 0 saturated carbocycles. The molecule has 0 spiro atoms. The Morgan fingerprint density at radius 3 is 2.61 bits per heavy atom. The van der Waals surface area contributed by atoms with Crippen molar-refractivity contribution in [3.8, 4) is 5.75 Å². The van der Waals surface area contributed by atoms with Crippen LogP contribution in [0.15, 0.2) is 52.0 Å². The second-order valence-electron chi connectivity index (χ2n) is 6.27. The Morgan fingerprint density at radius 2 is 1.89 bits per heavy atom. The largest absolute Gasteiger partial charge is 0.493 e. The number of aryl methyl sites for hydroxylation is 1. The summed E-state index contributed by atoms with van der Waals surface area (Å²) in [6, 6.07) is 12.9. The molecule has 2 aromatic rings. The minimum absolute atomic E-state index is 0.316. The summed E-state index contributed by atoms with van der Waals surface area (Å²) in [4.78, 5) is 23.9. The molecule has 0 radical (unpaired) electrons. The molecule has 0 bridgehead atoms. The number of ether oxygens (including phenoxy) is 1. The van der Waals surface area contributed by atoms with Crippen LogP contribution < -0.4 is 15.5 Å². The van der Waals surface area contributed by atoms with Crippen LogP contribution in [0.3, 0.4) is 0 Å². The number of benzene rings is 2. The highest BCUT2D eigenvalue weighted by Gasteiger charge is 2.09. The summed E-state index contributed by atoms with van der Waals surface area (Å²) in [6.07, 6.45) is 3.19. The van der Waals surface area contributed by atoms with Gasteiger partial charge in [0.25, 0.3) is 0 Å². The zero-order chi connectivity index (χ0) is 20.4. The number of hydrazone groups is 1. The molecule has 0 unspecified atom stereocenters. The zero-order valence-corrected chi connectivity index (χ0v) is 17.6. The van der Waals surface area contributed by atoms with Crippen LogP contribution in [-0.4, -0.2) is 24.6 Å². The molecule has 2 N–H and O–H groups in total. The number of carbonyl (C=O) groups is 2. The molecule has 0 aliphatic rings.